The summed E-state index contributed by atoms with van der Waals surface area (Å²) in [7, 11) is 0. The molecule has 7 heteroatoms. The zero-order valence-corrected chi connectivity index (χ0v) is 11.5. The van der Waals surface area contributed by atoms with Crippen LogP contribution in [0, 0.1) is 21.7 Å². The minimum Gasteiger partial charge on any atom is -0.362 e. The highest BCUT2D eigenvalue weighted by Gasteiger charge is 2.35. The first-order valence-corrected chi connectivity index (χ1v) is 7.19. The summed E-state index contributed by atoms with van der Waals surface area (Å²) in [6, 6.07) is 1.96. The molecule has 1 saturated heterocycles. The molecule has 0 aromatic heterocycles. The maximum Gasteiger partial charge on any atom is 0.275 e. The minimum atomic E-state index is -0.855. The Labute approximate surface area is 121 Å². The first-order valence-electron chi connectivity index (χ1n) is 7.19. The topological polar surface area (TPSA) is 58.4 Å². The molecule has 0 radical (unpaired) electrons. The lowest BCUT2D eigenvalue weighted by molar-refractivity contribution is -0.385. The van der Waals surface area contributed by atoms with Crippen LogP contribution in [0.4, 0.5) is 20.2 Å². The third-order valence-electron chi connectivity index (χ3n) is 4.07. The monoisotopic (exact) mass is 297 g/mol. The molecule has 0 bridgehead atoms. The van der Waals surface area contributed by atoms with Crippen molar-refractivity contribution in [2.75, 3.05) is 18.0 Å². The molecule has 0 amide bonds. The van der Waals surface area contributed by atoms with E-state index in [9.17, 15) is 18.9 Å². The quantitative estimate of drug-likeness (QED) is 0.670. The van der Waals surface area contributed by atoms with Crippen LogP contribution in [0.25, 0.3) is 0 Å². The van der Waals surface area contributed by atoms with E-state index in [1.54, 1.807) is 4.90 Å². The standard InChI is InChI=1S/C14H17F2N3O2/c15-12-6-11(19(20)21)7-13(16)14(12)18(10-3-4-10)8-9-2-1-5-17-9/h6-7,9-10,17H,1-5,8H2. The van der Waals surface area contributed by atoms with Crippen molar-refractivity contribution in [3.05, 3.63) is 33.9 Å². The van der Waals surface area contributed by atoms with Crippen LogP contribution in [0.5, 0.6) is 0 Å². The Kier molecular flexibility index (Phi) is 3.75. The third kappa shape index (κ3) is 2.97. The van der Waals surface area contributed by atoms with Gasteiger partial charge in [-0.05, 0) is 32.2 Å². The van der Waals surface area contributed by atoms with Gasteiger partial charge in [-0.15, -0.1) is 0 Å². The molecular formula is C14H17F2N3O2. The molecule has 1 atom stereocenters. The van der Waals surface area contributed by atoms with Gasteiger partial charge in [0.15, 0.2) is 11.6 Å². The SMILES string of the molecule is O=[N+]([O-])c1cc(F)c(N(CC2CCCN2)C2CC2)c(F)c1. The Morgan fingerprint density at radius 2 is 1.95 bits per heavy atom. The van der Waals surface area contributed by atoms with Crippen molar-refractivity contribution in [3.8, 4) is 0 Å². The van der Waals surface area contributed by atoms with Crippen molar-refractivity contribution < 1.29 is 13.7 Å². The third-order valence-corrected chi connectivity index (χ3v) is 4.07. The van der Waals surface area contributed by atoms with Gasteiger partial charge in [0, 0.05) is 18.6 Å². The first kappa shape index (κ1) is 14.2. The van der Waals surface area contributed by atoms with Crippen molar-refractivity contribution in [2.24, 2.45) is 0 Å². The second-order valence-corrected chi connectivity index (χ2v) is 5.69. The summed E-state index contributed by atoms with van der Waals surface area (Å²) in [5, 5.41) is 14.0. The highest BCUT2D eigenvalue weighted by molar-refractivity contribution is 5.55. The van der Waals surface area contributed by atoms with Gasteiger partial charge in [0.1, 0.15) is 5.69 Å². The number of benzene rings is 1. The maximum atomic E-state index is 14.2. The number of nitrogens with one attached hydrogen (secondary N) is 1. The van der Waals surface area contributed by atoms with Crippen LogP contribution in [0.1, 0.15) is 25.7 Å². The summed E-state index contributed by atoms with van der Waals surface area (Å²) >= 11 is 0. The number of hydrogen-bond acceptors (Lipinski definition) is 4. The summed E-state index contributed by atoms with van der Waals surface area (Å²) in [4.78, 5) is 11.6. The van der Waals surface area contributed by atoms with E-state index in [2.05, 4.69) is 5.32 Å². The smallest absolute Gasteiger partial charge is 0.275 e. The highest BCUT2D eigenvalue weighted by atomic mass is 19.1. The second-order valence-electron chi connectivity index (χ2n) is 5.69. The number of nitro groups is 1. The van der Waals surface area contributed by atoms with Crippen molar-refractivity contribution >= 4 is 11.4 Å². The van der Waals surface area contributed by atoms with Crippen LogP contribution in [0.2, 0.25) is 0 Å². The lowest BCUT2D eigenvalue weighted by Gasteiger charge is -2.28. The molecular weight excluding hydrogens is 280 g/mol. The number of nitro benzene ring substituents is 1. The normalized spacial score (nSPS) is 21.5. The fourth-order valence-electron chi connectivity index (χ4n) is 2.89. The predicted molar refractivity (Wildman–Crippen MR) is 74.4 cm³/mol. The molecule has 1 heterocycles. The van der Waals surface area contributed by atoms with Gasteiger partial charge in [0.25, 0.3) is 5.69 Å². The van der Waals surface area contributed by atoms with Gasteiger partial charge in [-0.1, -0.05) is 0 Å². The van der Waals surface area contributed by atoms with Crippen LogP contribution >= 0.6 is 0 Å². The largest absolute Gasteiger partial charge is 0.362 e. The van der Waals surface area contributed by atoms with Crippen LogP contribution in [-0.2, 0) is 0 Å². The van der Waals surface area contributed by atoms with Gasteiger partial charge >= 0.3 is 0 Å². The molecule has 1 aromatic carbocycles. The number of anilines is 1. The van der Waals surface area contributed by atoms with E-state index in [4.69, 9.17) is 0 Å². The molecule has 2 aliphatic rings. The summed E-state index contributed by atoms with van der Waals surface area (Å²) in [6.07, 6.45) is 3.86. The second kappa shape index (κ2) is 5.55. The molecule has 1 aliphatic heterocycles. The zero-order valence-electron chi connectivity index (χ0n) is 11.5. The fraction of sp³-hybridized carbons (Fsp3) is 0.571. The maximum absolute atomic E-state index is 14.2. The molecule has 1 unspecified atom stereocenters. The number of halogens is 2. The number of nitrogens with zero attached hydrogens (tertiary/aromatic N) is 2. The van der Waals surface area contributed by atoms with Crippen LogP contribution in [-0.4, -0.2) is 30.1 Å². The Morgan fingerprint density at radius 3 is 2.43 bits per heavy atom. The Morgan fingerprint density at radius 1 is 1.29 bits per heavy atom. The van der Waals surface area contributed by atoms with Crippen LogP contribution in [0.15, 0.2) is 12.1 Å². The molecule has 114 valence electrons. The van der Waals surface area contributed by atoms with Gasteiger partial charge in [-0.2, -0.15) is 0 Å². The van der Waals surface area contributed by atoms with Gasteiger partial charge in [-0.25, -0.2) is 8.78 Å². The molecule has 1 saturated carbocycles. The molecule has 21 heavy (non-hydrogen) atoms. The predicted octanol–water partition coefficient (Wildman–Crippen LogP) is 2.59. The van der Waals surface area contributed by atoms with Gasteiger partial charge in [0.05, 0.1) is 17.1 Å². The minimum absolute atomic E-state index is 0.128. The average molecular weight is 297 g/mol. The van der Waals surface area contributed by atoms with Crippen LogP contribution in [0.3, 0.4) is 0 Å². The zero-order chi connectivity index (χ0) is 15.0. The summed E-state index contributed by atoms with van der Waals surface area (Å²) in [6.45, 7) is 1.46. The van der Waals surface area contributed by atoms with E-state index in [-0.39, 0.29) is 17.8 Å². The molecule has 1 aromatic rings. The Balaban J connectivity index is 1.89. The van der Waals surface area contributed by atoms with Crippen molar-refractivity contribution in [1.29, 1.82) is 0 Å². The summed E-state index contributed by atoms with van der Waals surface area (Å²) in [5.74, 6) is -1.71. The lowest BCUT2D eigenvalue weighted by atomic mass is 10.1. The molecule has 0 spiro atoms. The van der Waals surface area contributed by atoms with Gasteiger partial charge < -0.3 is 10.2 Å². The van der Waals surface area contributed by atoms with E-state index in [1.165, 1.54) is 0 Å². The summed E-state index contributed by atoms with van der Waals surface area (Å²) < 4.78 is 28.4. The lowest BCUT2D eigenvalue weighted by Crippen LogP contribution is -2.39. The molecule has 1 N–H and O–H groups in total. The van der Waals surface area contributed by atoms with Gasteiger partial charge in [0.2, 0.25) is 0 Å². The van der Waals surface area contributed by atoms with E-state index in [1.807, 2.05) is 0 Å². The molecule has 1 aliphatic carbocycles. The number of hydrogen-bond donors (Lipinski definition) is 1. The highest BCUT2D eigenvalue weighted by Crippen LogP contribution is 2.36. The van der Waals surface area contributed by atoms with Crippen molar-refractivity contribution in [2.45, 2.75) is 37.8 Å². The van der Waals surface area contributed by atoms with Crippen molar-refractivity contribution in [3.63, 3.8) is 0 Å². The molecule has 5 nitrogen and oxygen atoms in total. The molecule has 2 fully saturated rings. The number of non-ortho nitro benzene ring substituents is 1. The average Bonchev–Trinajstić information content (AvgIpc) is 3.14. The Hall–Kier alpha value is -1.76. The Bertz CT molecular complexity index is 534. The van der Waals surface area contributed by atoms with Crippen LogP contribution < -0.4 is 10.2 Å². The van der Waals surface area contributed by atoms with E-state index in [0.717, 1.165) is 44.4 Å². The van der Waals surface area contributed by atoms with Crippen molar-refractivity contribution in [1.82, 2.24) is 5.32 Å². The molecule has 3 rings (SSSR count). The number of rotatable bonds is 5. The fourth-order valence-corrected chi connectivity index (χ4v) is 2.89. The summed E-state index contributed by atoms with van der Waals surface area (Å²) in [5.41, 5.74) is -0.680. The van der Waals surface area contributed by atoms with E-state index >= 15 is 0 Å². The first-order chi connectivity index (χ1) is 10.1. The van der Waals surface area contributed by atoms with E-state index in [0.29, 0.717) is 6.54 Å². The van der Waals surface area contributed by atoms with Gasteiger partial charge in [-0.3, -0.25) is 10.1 Å². The van der Waals surface area contributed by atoms with E-state index < -0.39 is 22.2 Å².